The van der Waals surface area contributed by atoms with E-state index in [1.165, 1.54) is 6.20 Å². The van der Waals surface area contributed by atoms with Gasteiger partial charge >= 0.3 is 0 Å². The monoisotopic (exact) mass is 206 g/mol. The Labute approximate surface area is 75.4 Å². The highest BCUT2D eigenvalue weighted by atomic mass is 35.5. The molecule has 0 saturated heterocycles. The molecule has 0 aliphatic carbocycles. The van der Waals surface area contributed by atoms with Gasteiger partial charge in [-0.15, -0.1) is 0 Å². The topological polar surface area (TPSA) is 73.0 Å². The molecule has 0 bridgehead atoms. The molecule has 1 rings (SSSR count). The lowest BCUT2D eigenvalue weighted by Gasteiger charge is -2.01. The molecule has 2 N–H and O–H groups in total. The lowest BCUT2D eigenvalue weighted by atomic mass is 10.3. The number of sulfonamides is 1. The van der Waals surface area contributed by atoms with E-state index in [1.54, 1.807) is 6.92 Å². The smallest absolute Gasteiger partial charge is 0.241 e. The molecule has 0 saturated carbocycles. The number of hydrogen-bond donors (Lipinski definition) is 1. The number of aromatic nitrogens is 1. The summed E-state index contributed by atoms with van der Waals surface area (Å²) in [5, 5.41) is 5.01. The van der Waals surface area contributed by atoms with Crippen LogP contribution >= 0.6 is 11.6 Å². The average Bonchev–Trinajstić information content (AvgIpc) is 1.92. The Balaban J connectivity index is 3.47. The maximum Gasteiger partial charge on any atom is 0.241 e. The summed E-state index contributed by atoms with van der Waals surface area (Å²) in [6, 6.07) is 0. The quantitative estimate of drug-likeness (QED) is 0.735. The van der Waals surface area contributed by atoms with Crippen molar-refractivity contribution in [3.8, 4) is 0 Å². The highest BCUT2D eigenvalue weighted by molar-refractivity contribution is 7.89. The highest BCUT2D eigenvalue weighted by Crippen LogP contribution is 2.21. The van der Waals surface area contributed by atoms with Crippen LogP contribution in [0, 0.1) is 6.92 Å². The summed E-state index contributed by atoms with van der Waals surface area (Å²) < 4.78 is 21.7. The number of primary sulfonamides is 1. The molecule has 6 heteroatoms. The van der Waals surface area contributed by atoms with Crippen LogP contribution in [-0.2, 0) is 10.0 Å². The predicted molar refractivity (Wildman–Crippen MR) is 45.4 cm³/mol. The predicted octanol–water partition coefficient (Wildman–Crippen LogP) is 0.691. The SMILES string of the molecule is Cc1cncc(S(N)(=O)=O)c1Cl. The summed E-state index contributed by atoms with van der Waals surface area (Å²) in [5.74, 6) is 0. The van der Waals surface area contributed by atoms with Gasteiger partial charge < -0.3 is 0 Å². The molecule has 0 atom stereocenters. The van der Waals surface area contributed by atoms with E-state index < -0.39 is 10.0 Å². The minimum absolute atomic E-state index is 0.132. The van der Waals surface area contributed by atoms with Gasteiger partial charge in [0.25, 0.3) is 0 Å². The molecular formula is C6H7ClN2O2S. The van der Waals surface area contributed by atoms with Crippen LogP contribution in [0.1, 0.15) is 5.56 Å². The van der Waals surface area contributed by atoms with E-state index in [1.807, 2.05) is 0 Å². The van der Waals surface area contributed by atoms with Gasteiger partial charge in [-0.3, -0.25) is 4.98 Å². The fraction of sp³-hybridized carbons (Fsp3) is 0.167. The first kappa shape index (κ1) is 9.44. The van der Waals surface area contributed by atoms with Crippen molar-refractivity contribution in [1.29, 1.82) is 0 Å². The zero-order valence-corrected chi connectivity index (χ0v) is 7.85. The second-order valence-electron chi connectivity index (χ2n) is 2.31. The summed E-state index contributed by atoms with van der Waals surface area (Å²) in [6.07, 6.45) is 2.60. The van der Waals surface area contributed by atoms with Gasteiger partial charge in [-0.25, -0.2) is 13.6 Å². The molecule has 1 aromatic heterocycles. The minimum atomic E-state index is -3.75. The van der Waals surface area contributed by atoms with Crippen LogP contribution < -0.4 is 5.14 Å². The van der Waals surface area contributed by atoms with Gasteiger partial charge in [0.1, 0.15) is 4.90 Å². The molecule has 0 aromatic carbocycles. The first-order valence-corrected chi connectivity index (χ1v) is 4.98. The first-order valence-electron chi connectivity index (χ1n) is 3.06. The van der Waals surface area contributed by atoms with Gasteiger partial charge in [0.15, 0.2) is 0 Å². The second kappa shape index (κ2) is 3.01. The lowest BCUT2D eigenvalue weighted by molar-refractivity contribution is 0.597. The number of aryl methyl sites for hydroxylation is 1. The fourth-order valence-corrected chi connectivity index (χ4v) is 1.76. The summed E-state index contributed by atoms with van der Waals surface area (Å²) in [4.78, 5) is 3.53. The number of pyridine rings is 1. The third-order valence-corrected chi connectivity index (χ3v) is 2.87. The molecule has 0 aliphatic heterocycles. The maximum absolute atomic E-state index is 10.9. The normalized spacial score (nSPS) is 11.6. The van der Waals surface area contributed by atoms with Crippen LogP contribution in [0.4, 0.5) is 0 Å². The van der Waals surface area contributed by atoms with E-state index in [4.69, 9.17) is 16.7 Å². The van der Waals surface area contributed by atoms with Gasteiger partial charge in [0, 0.05) is 12.4 Å². The molecule has 4 nitrogen and oxygen atoms in total. The number of halogens is 1. The molecule has 12 heavy (non-hydrogen) atoms. The van der Waals surface area contributed by atoms with Gasteiger partial charge in [-0.2, -0.15) is 0 Å². The van der Waals surface area contributed by atoms with E-state index in [9.17, 15) is 8.42 Å². The Morgan fingerprint density at radius 3 is 2.50 bits per heavy atom. The third-order valence-electron chi connectivity index (χ3n) is 1.33. The van der Waals surface area contributed by atoms with Crippen molar-refractivity contribution >= 4 is 21.6 Å². The third kappa shape index (κ3) is 1.74. The van der Waals surface area contributed by atoms with E-state index in [0.717, 1.165) is 6.20 Å². The Morgan fingerprint density at radius 2 is 2.08 bits per heavy atom. The summed E-state index contributed by atoms with van der Waals surface area (Å²) >= 11 is 5.68. The second-order valence-corrected chi connectivity index (χ2v) is 4.22. The van der Waals surface area contributed by atoms with Crippen LogP contribution in [0.2, 0.25) is 5.02 Å². The number of rotatable bonds is 1. The van der Waals surface area contributed by atoms with Gasteiger partial charge in [-0.05, 0) is 12.5 Å². The molecule has 0 aliphatic rings. The molecular weight excluding hydrogens is 200 g/mol. The van der Waals surface area contributed by atoms with Gasteiger partial charge in [-0.1, -0.05) is 11.6 Å². The molecule has 0 radical (unpaired) electrons. The molecule has 66 valence electrons. The zero-order chi connectivity index (χ0) is 9.35. The van der Waals surface area contributed by atoms with Crippen LogP contribution in [0.3, 0.4) is 0 Å². The standard InChI is InChI=1S/C6H7ClN2O2S/c1-4-2-9-3-5(6(4)7)12(8,10)11/h2-3H,1H3,(H2,8,10,11). The van der Waals surface area contributed by atoms with E-state index in [0.29, 0.717) is 5.56 Å². The van der Waals surface area contributed by atoms with E-state index in [2.05, 4.69) is 4.98 Å². The van der Waals surface area contributed by atoms with Crippen molar-refractivity contribution in [2.24, 2.45) is 5.14 Å². The largest absolute Gasteiger partial charge is 0.263 e. The Bertz CT molecular complexity index is 402. The molecule has 1 heterocycles. The fourth-order valence-electron chi connectivity index (χ4n) is 0.723. The van der Waals surface area contributed by atoms with Crippen LogP contribution in [0.25, 0.3) is 0 Å². The van der Waals surface area contributed by atoms with Crippen molar-refractivity contribution in [2.75, 3.05) is 0 Å². The van der Waals surface area contributed by atoms with Crippen molar-refractivity contribution in [1.82, 2.24) is 4.98 Å². The number of hydrogen-bond acceptors (Lipinski definition) is 3. The minimum Gasteiger partial charge on any atom is -0.263 e. The molecule has 0 unspecified atom stereocenters. The highest BCUT2D eigenvalue weighted by Gasteiger charge is 2.13. The van der Waals surface area contributed by atoms with Crippen molar-refractivity contribution < 1.29 is 8.42 Å². The summed E-state index contributed by atoms with van der Waals surface area (Å²) in [6.45, 7) is 1.66. The first-order chi connectivity index (χ1) is 5.43. The number of nitrogens with zero attached hydrogens (tertiary/aromatic N) is 1. The molecule has 0 fully saturated rings. The lowest BCUT2D eigenvalue weighted by Crippen LogP contribution is -2.13. The van der Waals surface area contributed by atoms with Gasteiger partial charge in [0.2, 0.25) is 10.0 Å². The van der Waals surface area contributed by atoms with Crippen molar-refractivity contribution in [3.63, 3.8) is 0 Å². The van der Waals surface area contributed by atoms with Crippen molar-refractivity contribution in [3.05, 3.63) is 23.0 Å². The van der Waals surface area contributed by atoms with Crippen LogP contribution in [0.5, 0.6) is 0 Å². The average molecular weight is 207 g/mol. The summed E-state index contributed by atoms with van der Waals surface area (Å²) in [7, 11) is -3.75. The molecule has 0 spiro atoms. The van der Waals surface area contributed by atoms with Crippen molar-refractivity contribution in [2.45, 2.75) is 11.8 Å². The maximum atomic E-state index is 10.9. The molecule has 0 amide bonds. The Morgan fingerprint density at radius 1 is 1.50 bits per heavy atom. The number of nitrogens with two attached hydrogens (primary N) is 1. The van der Waals surface area contributed by atoms with Crippen LogP contribution in [0.15, 0.2) is 17.3 Å². The summed E-state index contributed by atoms with van der Waals surface area (Å²) in [5.41, 5.74) is 0.586. The Kier molecular flexibility index (Phi) is 2.36. The van der Waals surface area contributed by atoms with E-state index in [-0.39, 0.29) is 9.92 Å². The van der Waals surface area contributed by atoms with Gasteiger partial charge in [0.05, 0.1) is 5.02 Å². The van der Waals surface area contributed by atoms with Crippen LogP contribution in [-0.4, -0.2) is 13.4 Å². The van der Waals surface area contributed by atoms with E-state index >= 15 is 0 Å². The molecule has 1 aromatic rings. The Hall–Kier alpha value is -0.650. The zero-order valence-electron chi connectivity index (χ0n) is 6.28.